The summed E-state index contributed by atoms with van der Waals surface area (Å²) in [6.45, 7) is 8.33. The quantitative estimate of drug-likeness (QED) is 0.0245. The monoisotopic (exact) mass is 1330 g/mol. The third-order valence-corrected chi connectivity index (χ3v) is 17.9. The number of nitrogens with zero attached hydrogens (tertiary/aromatic N) is 3. The summed E-state index contributed by atoms with van der Waals surface area (Å²) in [5, 5.41) is 66.7. The predicted molar refractivity (Wildman–Crippen MR) is 328 cm³/mol. The van der Waals surface area contributed by atoms with E-state index in [2.05, 4.69) is 26.6 Å². The fourth-order valence-corrected chi connectivity index (χ4v) is 12.0. The number of carboxylic acids is 1. The summed E-state index contributed by atoms with van der Waals surface area (Å²) in [5.74, 6) is -8.04. The molecule has 1 fully saturated rings. The number of halogens is 1. The maximum atomic E-state index is 15.6. The third-order valence-electron chi connectivity index (χ3n) is 17.9. The number of aliphatic hydroxyl groups is 4. The zero-order valence-electron chi connectivity index (χ0n) is 53.3. The molecule has 95 heavy (non-hydrogen) atoms. The van der Waals surface area contributed by atoms with Gasteiger partial charge in [0, 0.05) is 86.4 Å². The highest BCUT2D eigenvalue weighted by Crippen LogP contribution is 2.46. The van der Waals surface area contributed by atoms with Crippen LogP contribution in [0.2, 0.25) is 0 Å². The Hall–Kier alpha value is -8.82. The summed E-state index contributed by atoms with van der Waals surface area (Å²) < 4.78 is 50.8. The number of alkyl carbamates (subject to hydrolysis) is 1. The van der Waals surface area contributed by atoms with Crippen molar-refractivity contribution in [3.05, 3.63) is 103 Å². The number of aliphatic carboxylic acids is 1. The van der Waals surface area contributed by atoms with Crippen LogP contribution in [-0.4, -0.2) is 181 Å². The van der Waals surface area contributed by atoms with Gasteiger partial charge in [0.05, 0.1) is 52.9 Å². The summed E-state index contributed by atoms with van der Waals surface area (Å²) in [4.78, 5) is 138. The first kappa shape index (κ1) is 70.5. The SMILES string of the molecule is CCC1(O)C(=O)OCc2c1cc1n(c2=O)Cc2c-1nc1cc(F)c(C)c3c1c2C(NC(=O)OCc1ccc(OC2OC(C(=O)O)C(O)C(O)C2O)c(CNC(=O)CCNC(=O)C(CNC(=O)CCC(C)(C)OCCC(C)(C)OC)NC(=O)C(CN)N2C(=O)C=CC2=O)c1)CC3. The molecule has 2 aromatic heterocycles. The number of amides is 7. The molecule has 5 aliphatic rings. The molecule has 0 saturated carbocycles. The highest BCUT2D eigenvalue weighted by atomic mass is 19.1. The largest absolute Gasteiger partial charge is 0.479 e. The molecule has 0 bridgehead atoms. The van der Waals surface area contributed by atoms with Crippen LogP contribution in [-0.2, 0) is 100 Å². The number of cyclic esters (lactones) is 1. The van der Waals surface area contributed by atoms with Crippen molar-refractivity contribution < 1.29 is 101 Å². The molecule has 4 aromatic rings. The van der Waals surface area contributed by atoms with Gasteiger partial charge in [-0.1, -0.05) is 13.0 Å². The number of benzene rings is 2. The number of imide groups is 1. The molecule has 4 aliphatic heterocycles. The van der Waals surface area contributed by atoms with E-state index < -0.39 is 163 Å². The number of carboxylic acid groups (broad SMARTS) is 1. The standard InChI is InChI=1S/C64H78FN9O21/c1-8-64(89)36-22-41-50-34(27-73(41)57(84)35(36)29-91-60(64)87)49-38(11-10-33-30(2)37(65)23-39(70-50)48(33)49)72-61(88)92-28-31-9-12-43(94-59-53(81)51(79)52(80)54(95-59)58(85)86)32(21-31)25-68-45(76)16-19-67-55(82)40(71-56(83)42(24-66)74-46(77)13-14-47(74)78)26-69-44(75)15-17-63(5,6)93-20-18-62(3,4)90-7/h9,12-14,21-23,38,40,42,51-54,59,79-81,89H,8,10-11,15-20,24-29,66H2,1-7H3,(H,67,82)(H,68,76)(H,69,75)(H,71,83)(H,72,88)(H,85,86). The maximum absolute atomic E-state index is 15.6. The summed E-state index contributed by atoms with van der Waals surface area (Å²) in [6.07, 6.45) is -8.28. The molecule has 12 N–H and O–H groups in total. The van der Waals surface area contributed by atoms with Crippen molar-refractivity contribution in [1.29, 1.82) is 0 Å². The highest BCUT2D eigenvalue weighted by Gasteiger charge is 2.49. The third kappa shape index (κ3) is 15.0. The smallest absolute Gasteiger partial charge is 0.407 e. The molecule has 7 amide bonds. The second-order valence-electron chi connectivity index (χ2n) is 25.1. The molecule has 0 radical (unpaired) electrons. The lowest BCUT2D eigenvalue weighted by atomic mass is 9.81. The number of carbonyl (C=O) groups is 9. The lowest BCUT2D eigenvalue weighted by molar-refractivity contribution is -0.271. The number of esters is 1. The van der Waals surface area contributed by atoms with E-state index >= 15 is 4.39 Å². The Balaban J connectivity index is 0.891. The van der Waals surface area contributed by atoms with Gasteiger partial charge in [-0.15, -0.1) is 0 Å². The van der Waals surface area contributed by atoms with E-state index in [-0.39, 0.29) is 90.3 Å². The number of nitrogens with one attached hydrogen (secondary N) is 5. The van der Waals surface area contributed by atoms with Crippen LogP contribution < -0.4 is 42.6 Å². The Labute approximate surface area is 542 Å². The van der Waals surface area contributed by atoms with Crippen molar-refractivity contribution in [3.63, 3.8) is 0 Å². The van der Waals surface area contributed by atoms with E-state index in [0.717, 1.165) is 12.2 Å². The van der Waals surface area contributed by atoms with Crippen molar-refractivity contribution in [3.8, 4) is 17.1 Å². The number of fused-ring (bicyclic) bond motifs is 5. The molecule has 30 nitrogen and oxygen atoms in total. The molecule has 9 unspecified atom stereocenters. The summed E-state index contributed by atoms with van der Waals surface area (Å²) >= 11 is 0. The van der Waals surface area contributed by atoms with Crippen LogP contribution in [0.5, 0.6) is 5.75 Å². The molecule has 1 saturated heterocycles. The second kappa shape index (κ2) is 28.6. The first-order chi connectivity index (χ1) is 44.9. The molecule has 0 spiro atoms. The molecule has 9 rings (SSSR count). The van der Waals surface area contributed by atoms with Crippen molar-refractivity contribution in [1.82, 2.24) is 41.0 Å². The zero-order valence-corrected chi connectivity index (χ0v) is 53.3. The molecular formula is C64H78FN9O21. The minimum absolute atomic E-state index is 0.0329. The van der Waals surface area contributed by atoms with E-state index in [1.807, 2.05) is 13.8 Å². The minimum atomic E-state index is -2.12. The van der Waals surface area contributed by atoms with Gasteiger partial charge >= 0.3 is 18.0 Å². The number of aliphatic hydroxyl groups excluding tert-OH is 3. The lowest BCUT2D eigenvalue weighted by Gasteiger charge is -2.38. The maximum Gasteiger partial charge on any atom is 0.407 e. The summed E-state index contributed by atoms with van der Waals surface area (Å²) in [5.41, 5.74) is 5.42. The number of ether oxygens (including phenoxy) is 6. The average Bonchev–Trinajstić information content (AvgIpc) is 1.61. The van der Waals surface area contributed by atoms with E-state index in [9.17, 15) is 73.5 Å². The molecule has 1 aliphatic carbocycles. The van der Waals surface area contributed by atoms with Gasteiger partial charge in [-0.25, -0.2) is 23.8 Å². The van der Waals surface area contributed by atoms with Crippen LogP contribution in [0.15, 0.2) is 47.3 Å². The molecular weight excluding hydrogens is 1250 g/mol. The van der Waals surface area contributed by atoms with Gasteiger partial charge in [0.1, 0.15) is 55.2 Å². The van der Waals surface area contributed by atoms with E-state index in [0.29, 0.717) is 52.0 Å². The fraction of sp³-hybridized carbons (Fsp3) is 0.516. The topological polar surface area (TPSA) is 434 Å². The van der Waals surface area contributed by atoms with Crippen molar-refractivity contribution >= 4 is 64.4 Å². The zero-order chi connectivity index (χ0) is 69.2. The van der Waals surface area contributed by atoms with Crippen LogP contribution in [0.3, 0.4) is 0 Å². The van der Waals surface area contributed by atoms with Gasteiger partial charge in [-0.3, -0.25) is 38.5 Å². The number of carbonyl (C=O) groups excluding carboxylic acids is 8. The number of methoxy groups -OCH3 is 1. The number of aromatic nitrogens is 2. The Kier molecular flexibility index (Phi) is 21.3. The Bertz CT molecular complexity index is 3820. The van der Waals surface area contributed by atoms with Gasteiger partial charge in [0.2, 0.25) is 29.9 Å². The Morgan fingerprint density at radius 3 is 2.29 bits per heavy atom. The number of nitrogens with two attached hydrogens (primary N) is 1. The molecule has 2 aromatic carbocycles. The van der Waals surface area contributed by atoms with Crippen LogP contribution in [0, 0.1) is 12.7 Å². The molecule has 31 heteroatoms. The van der Waals surface area contributed by atoms with Crippen LogP contribution in [0.4, 0.5) is 9.18 Å². The number of hydrogen-bond donors (Lipinski definition) is 11. The van der Waals surface area contributed by atoms with E-state index in [1.165, 1.54) is 34.9 Å². The van der Waals surface area contributed by atoms with Crippen molar-refractivity contribution in [2.45, 2.75) is 178 Å². The molecule has 9 atom stereocenters. The van der Waals surface area contributed by atoms with Gasteiger partial charge < -0.3 is 90.8 Å². The van der Waals surface area contributed by atoms with E-state index in [1.54, 1.807) is 34.8 Å². The number of aryl methyl sites for hydroxylation is 1. The van der Waals surface area contributed by atoms with Crippen molar-refractivity contribution in [2.75, 3.05) is 33.4 Å². The van der Waals surface area contributed by atoms with E-state index in [4.69, 9.17) is 39.1 Å². The Morgan fingerprint density at radius 2 is 1.61 bits per heavy atom. The average molecular weight is 1330 g/mol. The van der Waals surface area contributed by atoms with Gasteiger partial charge in [-0.05, 0) is 107 Å². The number of rotatable bonds is 27. The number of pyridine rings is 2. The van der Waals surface area contributed by atoms with Gasteiger partial charge in [-0.2, -0.15) is 0 Å². The molecule has 512 valence electrons. The first-order valence-electron chi connectivity index (χ1n) is 30.9. The highest BCUT2D eigenvalue weighted by molar-refractivity contribution is 6.15. The number of hydrogen-bond acceptors (Lipinski definition) is 22. The van der Waals surface area contributed by atoms with Crippen molar-refractivity contribution in [2.24, 2.45) is 5.73 Å². The van der Waals surface area contributed by atoms with Gasteiger partial charge in [0.15, 0.2) is 11.7 Å². The minimum Gasteiger partial charge on any atom is -0.479 e. The van der Waals surface area contributed by atoms with Crippen LogP contribution in [0.1, 0.15) is 124 Å². The normalized spacial score (nSPS) is 21.8. The fourth-order valence-electron chi connectivity index (χ4n) is 12.0. The Morgan fingerprint density at radius 1 is 0.895 bits per heavy atom. The van der Waals surface area contributed by atoms with Crippen LogP contribution in [0.25, 0.3) is 22.3 Å². The summed E-state index contributed by atoms with van der Waals surface area (Å²) in [6, 6.07) is 3.07. The second-order valence-corrected chi connectivity index (χ2v) is 25.1. The lowest BCUT2D eigenvalue weighted by Crippen LogP contribution is -2.61. The van der Waals surface area contributed by atoms with Crippen LogP contribution >= 0.6 is 0 Å². The first-order valence-corrected chi connectivity index (χ1v) is 30.9. The summed E-state index contributed by atoms with van der Waals surface area (Å²) in [7, 11) is 1.59. The molecule has 6 heterocycles. The van der Waals surface area contributed by atoms with Gasteiger partial charge in [0.25, 0.3) is 17.4 Å². The predicted octanol–water partition coefficient (Wildman–Crippen LogP) is 0.0781.